The van der Waals surface area contributed by atoms with Gasteiger partial charge in [0.1, 0.15) is 6.10 Å². The smallest absolute Gasteiger partial charge is 0.194 e. The van der Waals surface area contributed by atoms with Crippen molar-refractivity contribution >= 4 is 11.3 Å². The average Bonchev–Trinajstić information content (AvgIpc) is 2.70. The first-order chi connectivity index (χ1) is 8.00. The third-order valence-electron chi connectivity index (χ3n) is 2.52. The number of aliphatic hydroxyl groups is 1. The molecular formula is C12H9F3OS. The first-order valence-corrected chi connectivity index (χ1v) is 5.75. The Labute approximate surface area is 100 Å². The lowest BCUT2D eigenvalue weighted by Gasteiger charge is -2.11. The maximum atomic E-state index is 13.0. The molecule has 0 saturated carbocycles. The number of aryl methyl sites for hydroxylation is 1. The van der Waals surface area contributed by atoms with Gasteiger partial charge in [0.2, 0.25) is 0 Å². The van der Waals surface area contributed by atoms with Crippen LogP contribution in [0.4, 0.5) is 13.2 Å². The third-order valence-corrected chi connectivity index (χ3v) is 3.38. The molecule has 5 heteroatoms. The van der Waals surface area contributed by atoms with E-state index >= 15 is 0 Å². The van der Waals surface area contributed by atoms with E-state index in [4.69, 9.17) is 0 Å². The van der Waals surface area contributed by atoms with E-state index in [-0.39, 0.29) is 5.56 Å². The minimum absolute atomic E-state index is 0.00269. The lowest BCUT2D eigenvalue weighted by molar-refractivity contribution is 0.218. The maximum absolute atomic E-state index is 13.0. The highest BCUT2D eigenvalue weighted by molar-refractivity contribution is 7.10. The topological polar surface area (TPSA) is 20.2 Å². The van der Waals surface area contributed by atoms with Crippen LogP contribution in [0.5, 0.6) is 0 Å². The number of aliphatic hydroxyl groups excluding tert-OH is 1. The Morgan fingerprint density at radius 2 is 1.76 bits per heavy atom. The van der Waals surface area contributed by atoms with Gasteiger partial charge < -0.3 is 5.11 Å². The van der Waals surface area contributed by atoms with E-state index in [0.717, 1.165) is 17.0 Å². The summed E-state index contributed by atoms with van der Waals surface area (Å²) in [5.74, 6) is -4.12. The summed E-state index contributed by atoms with van der Waals surface area (Å²) in [6.45, 7) is 1.79. The molecule has 1 unspecified atom stereocenters. The molecule has 1 N–H and O–H groups in total. The van der Waals surface area contributed by atoms with E-state index < -0.39 is 23.6 Å². The lowest BCUT2D eigenvalue weighted by atomic mass is 10.0. The van der Waals surface area contributed by atoms with Crippen molar-refractivity contribution < 1.29 is 18.3 Å². The molecule has 2 aromatic rings. The van der Waals surface area contributed by atoms with Gasteiger partial charge in [-0.15, -0.1) is 11.3 Å². The van der Waals surface area contributed by atoms with Crippen LogP contribution in [-0.2, 0) is 0 Å². The van der Waals surface area contributed by atoms with Crippen molar-refractivity contribution in [3.63, 3.8) is 0 Å². The normalized spacial score (nSPS) is 12.8. The van der Waals surface area contributed by atoms with Crippen LogP contribution < -0.4 is 0 Å². The summed E-state index contributed by atoms with van der Waals surface area (Å²) in [7, 11) is 0. The van der Waals surface area contributed by atoms with Gasteiger partial charge in [0.25, 0.3) is 0 Å². The molecule has 1 heterocycles. The van der Waals surface area contributed by atoms with E-state index in [1.165, 1.54) is 11.3 Å². The molecule has 0 fully saturated rings. The molecule has 1 nitrogen and oxygen atoms in total. The van der Waals surface area contributed by atoms with E-state index in [2.05, 4.69) is 0 Å². The Morgan fingerprint density at radius 1 is 1.18 bits per heavy atom. The molecule has 1 aromatic heterocycles. The number of rotatable bonds is 2. The van der Waals surface area contributed by atoms with Gasteiger partial charge in [-0.1, -0.05) is 0 Å². The zero-order valence-corrected chi connectivity index (χ0v) is 9.69. The molecule has 0 spiro atoms. The Bertz CT molecular complexity index is 527. The molecule has 0 aliphatic rings. The summed E-state index contributed by atoms with van der Waals surface area (Å²) in [6, 6.07) is 3.28. The van der Waals surface area contributed by atoms with Crippen molar-refractivity contribution in [1.82, 2.24) is 0 Å². The van der Waals surface area contributed by atoms with Gasteiger partial charge >= 0.3 is 0 Å². The zero-order chi connectivity index (χ0) is 12.6. The number of halogens is 3. The molecule has 17 heavy (non-hydrogen) atoms. The van der Waals surface area contributed by atoms with Crippen LogP contribution in [0.25, 0.3) is 0 Å². The van der Waals surface area contributed by atoms with Gasteiger partial charge in [0.15, 0.2) is 17.5 Å². The van der Waals surface area contributed by atoms with Gasteiger partial charge in [-0.2, -0.15) is 0 Å². The van der Waals surface area contributed by atoms with Gasteiger partial charge in [-0.25, -0.2) is 13.2 Å². The summed E-state index contributed by atoms with van der Waals surface area (Å²) < 4.78 is 38.8. The largest absolute Gasteiger partial charge is 0.384 e. The van der Waals surface area contributed by atoms with Gasteiger partial charge in [0.05, 0.1) is 0 Å². The molecule has 0 amide bonds. The van der Waals surface area contributed by atoms with Crippen LogP contribution in [0.1, 0.15) is 22.1 Å². The van der Waals surface area contributed by atoms with E-state index in [1.54, 1.807) is 18.4 Å². The number of hydrogen-bond donors (Lipinski definition) is 1. The van der Waals surface area contributed by atoms with Gasteiger partial charge in [0, 0.05) is 4.88 Å². The molecule has 0 bridgehead atoms. The highest BCUT2D eigenvalue weighted by atomic mass is 32.1. The number of hydrogen-bond acceptors (Lipinski definition) is 2. The standard InChI is InChI=1S/C12H9F3OS/c1-6-8(2-3-17-6)12(16)7-4-9(13)11(15)10(14)5-7/h2-5,12,16H,1H3. The first-order valence-electron chi connectivity index (χ1n) is 4.87. The second-order valence-corrected chi connectivity index (χ2v) is 4.75. The predicted molar refractivity (Wildman–Crippen MR) is 59.4 cm³/mol. The van der Waals surface area contributed by atoms with Crippen molar-refractivity contribution in [2.45, 2.75) is 13.0 Å². The van der Waals surface area contributed by atoms with Crippen molar-refractivity contribution in [2.24, 2.45) is 0 Å². The zero-order valence-electron chi connectivity index (χ0n) is 8.88. The van der Waals surface area contributed by atoms with Crippen LogP contribution in [0, 0.1) is 24.4 Å². The van der Waals surface area contributed by atoms with E-state index in [0.29, 0.717) is 5.56 Å². The van der Waals surface area contributed by atoms with Gasteiger partial charge in [-0.3, -0.25) is 0 Å². The Balaban J connectivity index is 2.45. The fourth-order valence-electron chi connectivity index (χ4n) is 1.59. The van der Waals surface area contributed by atoms with Crippen molar-refractivity contribution in [1.29, 1.82) is 0 Å². The number of thiophene rings is 1. The third kappa shape index (κ3) is 2.21. The fraction of sp³-hybridized carbons (Fsp3) is 0.167. The van der Waals surface area contributed by atoms with Crippen LogP contribution in [0.3, 0.4) is 0 Å². The quantitative estimate of drug-likeness (QED) is 0.817. The molecule has 1 aromatic carbocycles. The predicted octanol–water partition coefficient (Wildman–Crippen LogP) is 3.56. The summed E-state index contributed by atoms with van der Waals surface area (Å²) in [4.78, 5) is 0.850. The van der Waals surface area contributed by atoms with Crippen molar-refractivity contribution in [3.05, 3.63) is 57.0 Å². The van der Waals surface area contributed by atoms with Crippen molar-refractivity contribution in [3.8, 4) is 0 Å². The molecule has 2 rings (SSSR count). The lowest BCUT2D eigenvalue weighted by Crippen LogP contribution is -2.03. The minimum atomic E-state index is -1.53. The second kappa shape index (κ2) is 4.50. The van der Waals surface area contributed by atoms with E-state index in [1.807, 2.05) is 0 Å². The monoisotopic (exact) mass is 258 g/mol. The molecular weight excluding hydrogens is 249 g/mol. The SMILES string of the molecule is Cc1sccc1C(O)c1cc(F)c(F)c(F)c1. The van der Waals surface area contributed by atoms with Crippen LogP contribution in [0.2, 0.25) is 0 Å². The highest BCUT2D eigenvalue weighted by Gasteiger charge is 2.18. The molecule has 0 radical (unpaired) electrons. The minimum Gasteiger partial charge on any atom is -0.384 e. The van der Waals surface area contributed by atoms with Gasteiger partial charge in [-0.05, 0) is 41.6 Å². The number of benzene rings is 1. The van der Waals surface area contributed by atoms with Crippen LogP contribution >= 0.6 is 11.3 Å². The summed E-state index contributed by atoms with van der Waals surface area (Å²) >= 11 is 1.42. The first kappa shape index (κ1) is 12.1. The summed E-state index contributed by atoms with van der Waals surface area (Å²) in [5, 5.41) is 11.7. The average molecular weight is 258 g/mol. The molecule has 1 atom stereocenters. The Hall–Kier alpha value is -1.33. The van der Waals surface area contributed by atoms with Crippen LogP contribution in [0.15, 0.2) is 23.6 Å². The summed E-state index contributed by atoms with van der Waals surface area (Å²) in [6.07, 6.45) is -1.15. The van der Waals surface area contributed by atoms with Crippen molar-refractivity contribution in [2.75, 3.05) is 0 Å². The molecule has 90 valence electrons. The fourth-order valence-corrected chi connectivity index (χ4v) is 2.33. The second-order valence-electron chi connectivity index (χ2n) is 3.63. The summed E-state index contributed by atoms with van der Waals surface area (Å²) in [5.41, 5.74) is 0.573. The molecule has 0 aliphatic carbocycles. The van der Waals surface area contributed by atoms with E-state index in [9.17, 15) is 18.3 Å². The highest BCUT2D eigenvalue weighted by Crippen LogP contribution is 2.29. The Morgan fingerprint density at radius 3 is 2.24 bits per heavy atom. The molecule has 0 aliphatic heterocycles. The van der Waals surface area contributed by atoms with Crippen LogP contribution in [-0.4, -0.2) is 5.11 Å². The maximum Gasteiger partial charge on any atom is 0.194 e. The molecule has 0 saturated heterocycles. The Kier molecular flexibility index (Phi) is 3.22.